The molecule has 3 heterocycles. The van der Waals surface area contributed by atoms with Crippen molar-refractivity contribution in [2.45, 2.75) is 18.4 Å². The molecule has 12 nitrogen and oxygen atoms in total. The summed E-state index contributed by atoms with van der Waals surface area (Å²) < 4.78 is 62.6. The molecule has 15 heteroatoms. The molecule has 0 aliphatic heterocycles. The zero-order valence-electron chi connectivity index (χ0n) is 20.4. The summed E-state index contributed by atoms with van der Waals surface area (Å²) >= 11 is 0. The van der Waals surface area contributed by atoms with Crippen LogP contribution in [0.2, 0.25) is 0 Å². The van der Waals surface area contributed by atoms with Crippen molar-refractivity contribution in [1.29, 1.82) is 0 Å². The molecule has 3 aromatic heterocycles. The number of nitrogens with zero attached hydrogens (tertiary/aromatic N) is 4. The van der Waals surface area contributed by atoms with E-state index in [1.807, 2.05) is 0 Å². The number of hydrogen-bond donors (Lipinski definition) is 3. The number of pyridine rings is 1. The zero-order chi connectivity index (χ0) is 28.7. The largest absolute Gasteiger partial charge is 0.478 e. The van der Waals surface area contributed by atoms with E-state index in [0.29, 0.717) is 23.6 Å². The summed E-state index contributed by atoms with van der Waals surface area (Å²) in [4.78, 5) is 22.5. The molecular weight excluding hydrogens is 540 g/mol. The monoisotopic (exact) mass is 561 g/mol. The second kappa shape index (κ2) is 12.2. The summed E-state index contributed by atoms with van der Waals surface area (Å²) in [6.07, 6.45) is 3.44. The zero-order valence-corrected chi connectivity index (χ0v) is 21.2. The van der Waals surface area contributed by atoms with Crippen LogP contribution in [-0.2, 0) is 26.2 Å². The minimum absolute atomic E-state index is 0.0462. The molecule has 39 heavy (non-hydrogen) atoms. The fraction of sp³-hybridized carbons (Fsp3) is 0.125. The van der Waals surface area contributed by atoms with E-state index in [0.717, 1.165) is 10.2 Å². The lowest BCUT2D eigenvalue weighted by Crippen LogP contribution is -2.14. The molecule has 0 saturated heterocycles. The van der Waals surface area contributed by atoms with Gasteiger partial charge < -0.3 is 19.9 Å². The Balaban J connectivity index is 0.000000459. The molecule has 3 N–H and O–H groups in total. The van der Waals surface area contributed by atoms with Gasteiger partial charge in [-0.2, -0.15) is 4.39 Å². The topological polar surface area (TPSA) is 178 Å². The minimum Gasteiger partial charge on any atom is -0.478 e. The predicted octanol–water partition coefficient (Wildman–Crippen LogP) is 2.85. The summed E-state index contributed by atoms with van der Waals surface area (Å²) in [6.45, 7) is 1.66. The number of halogens is 2. The summed E-state index contributed by atoms with van der Waals surface area (Å²) in [6, 6.07) is 8.46. The van der Waals surface area contributed by atoms with Gasteiger partial charge in [-0.15, -0.1) is 10.2 Å². The Bertz CT molecular complexity index is 1630. The Morgan fingerprint density at radius 1 is 1.10 bits per heavy atom. The molecule has 0 saturated carbocycles. The van der Waals surface area contributed by atoms with Crippen LogP contribution in [0.5, 0.6) is 0 Å². The maximum Gasteiger partial charge on any atom is 0.328 e. The van der Waals surface area contributed by atoms with Gasteiger partial charge in [0.2, 0.25) is 17.7 Å². The highest BCUT2D eigenvalue weighted by atomic mass is 32.2. The van der Waals surface area contributed by atoms with Gasteiger partial charge in [0, 0.05) is 49.1 Å². The van der Waals surface area contributed by atoms with E-state index in [4.69, 9.17) is 14.6 Å². The smallest absolute Gasteiger partial charge is 0.328 e. The molecule has 0 aliphatic carbocycles. The van der Waals surface area contributed by atoms with Gasteiger partial charge in [0.05, 0.1) is 10.5 Å². The number of carboxylic acid groups (broad SMARTS) is 2. The van der Waals surface area contributed by atoms with Gasteiger partial charge in [-0.1, -0.05) is 6.07 Å². The standard InChI is InChI=1S/C20H17F2N5O3S.C4H4O4/c1-12-25-26-20(30-12)13-5-3-6-15(9-13)31(28,29)27-11-14(10-23-2)17(21)18(27)16-7-4-8-24-19(16)22;5-3(6)1-2-4(7)8/h3-9,11,23H,10H2,1-2H3;1-2H,(H,5,6)(H,7,8)/b;2-1+. The lowest BCUT2D eigenvalue weighted by molar-refractivity contribution is -0.134. The van der Waals surface area contributed by atoms with Crippen LogP contribution in [0.25, 0.3) is 22.7 Å². The van der Waals surface area contributed by atoms with Crippen LogP contribution in [0.4, 0.5) is 8.78 Å². The first-order valence-electron chi connectivity index (χ1n) is 10.9. The Labute approximate surface area is 220 Å². The molecule has 1 aromatic carbocycles. The van der Waals surface area contributed by atoms with Crippen LogP contribution in [0.15, 0.2) is 70.3 Å². The van der Waals surface area contributed by atoms with Crippen molar-refractivity contribution in [2.24, 2.45) is 0 Å². The molecular formula is C24H21F2N5O7S. The van der Waals surface area contributed by atoms with Crippen LogP contribution in [0.3, 0.4) is 0 Å². The minimum atomic E-state index is -4.31. The lowest BCUT2D eigenvalue weighted by Gasteiger charge is -2.11. The molecule has 4 aromatic rings. The first-order chi connectivity index (χ1) is 18.4. The van der Waals surface area contributed by atoms with Gasteiger partial charge >= 0.3 is 11.9 Å². The fourth-order valence-electron chi connectivity index (χ4n) is 3.27. The van der Waals surface area contributed by atoms with Crippen LogP contribution >= 0.6 is 0 Å². The van der Waals surface area contributed by atoms with Gasteiger partial charge in [-0.05, 0) is 37.4 Å². The maximum atomic E-state index is 15.2. The highest BCUT2D eigenvalue weighted by molar-refractivity contribution is 7.90. The van der Waals surface area contributed by atoms with Gasteiger partial charge in [-0.3, -0.25) is 0 Å². The number of carboxylic acids is 2. The van der Waals surface area contributed by atoms with E-state index in [2.05, 4.69) is 20.5 Å². The van der Waals surface area contributed by atoms with Crippen LogP contribution in [0.1, 0.15) is 11.5 Å². The third kappa shape index (κ3) is 6.77. The SMILES string of the molecule is CNCc1cn(S(=O)(=O)c2cccc(-c3nnc(C)o3)c2)c(-c2cccnc2F)c1F.O=C(O)/C=C/C(=O)O. The fourth-order valence-corrected chi connectivity index (χ4v) is 4.71. The molecule has 0 radical (unpaired) electrons. The molecule has 0 unspecified atom stereocenters. The molecule has 0 amide bonds. The van der Waals surface area contributed by atoms with E-state index in [1.165, 1.54) is 36.5 Å². The Morgan fingerprint density at radius 2 is 1.79 bits per heavy atom. The van der Waals surface area contributed by atoms with Crippen molar-refractivity contribution < 1.29 is 41.4 Å². The van der Waals surface area contributed by atoms with Crippen molar-refractivity contribution >= 4 is 22.0 Å². The van der Waals surface area contributed by atoms with E-state index >= 15 is 4.39 Å². The van der Waals surface area contributed by atoms with Crippen LogP contribution in [0, 0.1) is 18.7 Å². The Kier molecular flexibility index (Phi) is 9.00. The number of aliphatic carboxylic acids is 2. The highest BCUT2D eigenvalue weighted by Gasteiger charge is 2.28. The van der Waals surface area contributed by atoms with Crippen molar-refractivity contribution in [2.75, 3.05) is 7.05 Å². The van der Waals surface area contributed by atoms with Crippen molar-refractivity contribution in [3.8, 4) is 22.7 Å². The first kappa shape index (κ1) is 28.8. The lowest BCUT2D eigenvalue weighted by atomic mass is 10.2. The van der Waals surface area contributed by atoms with Gasteiger partial charge in [0.15, 0.2) is 5.82 Å². The van der Waals surface area contributed by atoms with Crippen LogP contribution < -0.4 is 5.32 Å². The molecule has 0 aliphatic rings. The van der Waals surface area contributed by atoms with Crippen LogP contribution in [-0.4, -0.2) is 56.8 Å². The van der Waals surface area contributed by atoms with Crippen molar-refractivity contribution in [3.05, 3.63) is 84.2 Å². The number of rotatable bonds is 8. The summed E-state index contributed by atoms with van der Waals surface area (Å²) in [5.41, 5.74) is -0.267. The molecule has 0 fully saturated rings. The maximum absolute atomic E-state index is 15.2. The van der Waals surface area contributed by atoms with Gasteiger partial charge in [-0.25, -0.2) is 31.4 Å². The average molecular weight is 562 g/mol. The second-order valence-electron chi connectivity index (χ2n) is 7.65. The third-order valence-corrected chi connectivity index (χ3v) is 6.55. The van der Waals surface area contributed by atoms with E-state index < -0.39 is 39.4 Å². The number of nitrogens with one attached hydrogen (secondary N) is 1. The molecule has 0 bridgehead atoms. The molecule has 0 spiro atoms. The summed E-state index contributed by atoms with van der Waals surface area (Å²) in [7, 11) is -2.72. The number of carbonyl (C=O) groups is 2. The van der Waals surface area contributed by atoms with Gasteiger partial charge in [0.25, 0.3) is 10.0 Å². The Morgan fingerprint density at radius 3 is 2.36 bits per heavy atom. The number of aromatic nitrogens is 4. The summed E-state index contributed by atoms with van der Waals surface area (Å²) in [5, 5.41) is 26.0. The number of benzene rings is 1. The quantitative estimate of drug-likeness (QED) is 0.213. The molecule has 4 rings (SSSR count). The molecule has 204 valence electrons. The first-order valence-corrected chi connectivity index (χ1v) is 12.3. The van der Waals surface area contributed by atoms with E-state index in [1.54, 1.807) is 20.0 Å². The number of aryl methyl sites for hydroxylation is 1. The van der Waals surface area contributed by atoms with Gasteiger partial charge in [0.1, 0.15) is 5.69 Å². The Hall–Kier alpha value is -4.76. The average Bonchev–Trinajstić information content (AvgIpc) is 3.47. The summed E-state index contributed by atoms with van der Waals surface area (Å²) in [5.74, 6) is -3.89. The van der Waals surface area contributed by atoms with Crippen molar-refractivity contribution in [3.63, 3.8) is 0 Å². The van der Waals surface area contributed by atoms with E-state index in [-0.39, 0.29) is 28.5 Å². The molecule has 0 atom stereocenters. The van der Waals surface area contributed by atoms with E-state index in [9.17, 15) is 22.4 Å². The second-order valence-corrected chi connectivity index (χ2v) is 9.47. The highest BCUT2D eigenvalue weighted by Crippen LogP contribution is 2.32. The van der Waals surface area contributed by atoms with Crippen molar-refractivity contribution in [1.82, 2.24) is 24.5 Å². The number of hydrogen-bond acceptors (Lipinski definition) is 9. The predicted molar refractivity (Wildman–Crippen MR) is 132 cm³/mol. The third-order valence-electron chi connectivity index (χ3n) is 4.90. The normalized spacial score (nSPS) is 11.3.